The number of nitrogens with zero attached hydrogens (tertiary/aromatic N) is 4. The fourth-order valence-corrected chi connectivity index (χ4v) is 4.37. The molecule has 1 N–H and O–H groups in total. The van der Waals surface area contributed by atoms with E-state index in [4.69, 9.17) is 4.74 Å². The molecule has 7 heteroatoms. The van der Waals surface area contributed by atoms with Crippen molar-refractivity contribution >= 4 is 5.91 Å². The standard InChI is InChI=1S/C19H31N5O2/c1-14(2)23-8-9-24-15(11-23)10-16(21-24)19(25)20-17-12-26-13-18(17)22-6-4-3-5-7-22/h10,14,17-18H,3-9,11-13H2,1-2H3,(H,20,25)/t17-,18-/m1/s1. The van der Waals surface area contributed by atoms with E-state index in [-0.39, 0.29) is 11.9 Å². The summed E-state index contributed by atoms with van der Waals surface area (Å²) < 4.78 is 7.68. The first-order chi connectivity index (χ1) is 12.6. The average molecular weight is 361 g/mol. The maximum Gasteiger partial charge on any atom is 0.272 e. The van der Waals surface area contributed by atoms with E-state index in [1.807, 2.05) is 10.7 Å². The lowest BCUT2D eigenvalue weighted by atomic mass is 10.0. The van der Waals surface area contributed by atoms with Gasteiger partial charge in [0.1, 0.15) is 0 Å². The first kappa shape index (κ1) is 17.9. The second kappa shape index (κ2) is 7.66. The number of amides is 1. The third kappa shape index (κ3) is 3.66. The number of nitrogens with one attached hydrogen (secondary N) is 1. The largest absolute Gasteiger partial charge is 0.378 e. The Labute approximate surface area is 155 Å². The summed E-state index contributed by atoms with van der Waals surface area (Å²) in [5.41, 5.74) is 1.67. The number of likely N-dealkylation sites (tertiary alicyclic amines) is 1. The minimum atomic E-state index is -0.0690. The summed E-state index contributed by atoms with van der Waals surface area (Å²) in [6.45, 7) is 10.7. The highest BCUT2D eigenvalue weighted by atomic mass is 16.5. The number of fused-ring (bicyclic) bond motifs is 1. The predicted octanol–water partition coefficient (Wildman–Crippen LogP) is 1.09. The average Bonchev–Trinajstić information content (AvgIpc) is 3.28. The number of hydrogen-bond acceptors (Lipinski definition) is 5. The van der Waals surface area contributed by atoms with Crippen molar-refractivity contribution in [1.29, 1.82) is 0 Å². The third-order valence-electron chi connectivity index (χ3n) is 6.02. The van der Waals surface area contributed by atoms with E-state index < -0.39 is 0 Å². The molecule has 1 aromatic heterocycles. The molecule has 1 aromatic rings. The van der Waals surface area contributed by atoms with E-state index >= 15 is 0 Å². The zero-order valence-corrected chi connectivity index (χ0v) is 16.0. The van der Waals surface area contributed by atoms with Crippen LogP contribution in [0.3, 0.4) is 0 Å². The summed E-state index contributed by atoms with van der Waals surface area (Å²) in [6.07, 6.45) is 3.81. The van der Waals surface area contributed by atoms with Crippen LogP contribution in [-0.2, 0) is 17.8 Å². The Hall–Kier alpha value is -1.44. The maximum absolute atomic E-state index is 12.8. The third-order valence-corrected chi connectivity index (χ3v) is 6.02. The Morgan fingerprint density at radius 3 is 2.77 bits per heavy atom. The number of carbonyl (C=O) groups excluding carboxylic acids is 1. The number of hydrogen-bond donors (Lipinski definition) is 1. The van der Waals surface area contributed by atoms with Crippen LogP contribution in [0.2, 0.25) is 0 Å². The maximum atomic E-state index is 12.8. The minimum Gasteiger partial charge on any atom is -0.378 e. The summed E-state index contributed by atoms with van der Waals surface area (Å²) in [4.78, 5) is 17.7. The molecule has 0 saturated carbocycles. The van der Waals surface area contributed by atoms with Gasteiger partial charge in [0.05, 0.1) is 37.5 Å². The van der Waals surface area contributed by atoms with Gasteiger partial charge in [-0.1, -0.05) is 6.42 Å². The molecule has 26 heavy (non-hydrogen) atoms. The number of piperidine rings is 1. The first-order valence-corrected chi connectivity index (χ1v) is 10.1. The van der Waals surface area contributed by atoms with E-state index in [1.54, 1.807) is 0 Å². The normalized spacial score (nSPS) is 27.7. The number of carbonyl (C=O) groups is 1. The van der Waals surface area contributed by atoms with Crippen molar-refractivity contribution in [3.63, 3.8) is 0 Å². The van der Waals surface area contributed by atoms with Crippen molar-refractivity contribution in [2.24, 2.45) is 0 Å². The van der Waals surface area contributed by atoms with Gasteiger partial charge in [0.15, 0.2) is 5.69 Å². The van der Waals surface area contributed by atoms with Crippen molar-refractivity contribution in [3.8, 4) is 0 Å². The van der Waals surface area contributed by atoms with Crippen LogP contribution >= 0.6 is 0 Å². The molecule has 7 nitrogen and oxygen atoms in total. The van der Waals surface area contributed by atoms with Gasteiger partial charge < -0.3 is 10.1 Å². The molecule has 0 spiro atoms. The van der Waals surface area contributed by atoms with Crippen LogP contribution in [0.15, 0.2) is 6.07 Å². The monoisotopic (exact) mass is 361 g/mol. The lowest BCUT2D eigenvalue weighted by Crippen LogP contribution is -2.52. The van der Waals surface area contributed by atoms with Gasteiger partial charge in [-0.25, -0.2) is 0 Å². The summed E-state index contributed by atoms with van der Waals surface area (Å²) in [5.74, 6) is -0.0690. The smallest absolute Gasteiger partial charge is 0.272 e. The zero-order valence-electron chi connectivity index (χ0n) is 16.0. The fourth-order valence-electron chi connectivity index (χ4n) is 4.37. The molecule has 144 valence electrons. The molecule has 4 rings (SSSR count). The van der Waals surface area contributed by atoms with Gasteiger partial charge in [0, 0.05) is 19.1 Å². The van der Waals surface area contributed by atoms with Gasteiger partial charge >= 0.3 is 0 Å². The van der Waals surface area contributed by atoms with E-state index in [1.165, 1.54) is 19.3 Å². The van der Waals surface area contributed by atoms with Crippen molar-refractivity contribution in [1.82, 2.24) is 24.9 Å². The molecule has 0 aromatic carbocycles. The van der Waals surface area contributed by atoms with Crippen LogP contribution < -0.4 is 5.32 Å². The Balaban J connectivity index is 1.40. The second-order valence-corrected chi connectivity index (χ2v) is 8.09. The zero-order chi connectivity index (χ0) is 18.1. The Morgan fingerprint density at radius 1 is 1.19 bits per heavy atom. The van der Waals surface area contributed by atoms with Crippen LogP contribution in [-0.4, -0.2) is 76.5 Å². The molecule has 0 unspecified atom stereocenters. The van der Waals surface area contributed by atoms with E-state index in [2.05, 4.69) is 34.1 Å². The van der Waals surface area contributed by atoms with Crippen LogP contribution in [0.4, 0.5) is 0 Å². The van der Waals surface area contributed by atoms with Crippen LogP contribution in [0.1, 0.15) is 49.3 Å². The minimum absolute atomic E-state index is 0.0616. The topological polar surface area (TPSA) is 62.6 Å². The van der Waals surface area contributed by atoms with Crippen LogP contribution in [0.5, 0.6) is 0 Å². The lowest BCUT2D eigenvalue weighted by Gasteiger charge is -2.34. The Kier molecular flexibility index (Phi) is 5.29. The van der Waals surface area contributed by atoms with Crippen molar-refractivity contribution in [3.05, 3.63) is 17.5 Å². The van der Waals surface area contributed by atoms with E-state index in [0.29, 0.717) is 31.0 Å². The van der Waals surface area contributed by atoms with Gasteiger partial charge in [0.2, 0.25) is 0 Å². The Morgan fingerprint density at radius 2 is 2.00 bits per heavy atom. The molecule has 4 heterocycles. The second-order valence-electron chi connectivity index (χ2n) is 8.09. The fraction of sp³-hybridized carbons (Fsp3) is 0.789. The molecule has 1 amide bonds. The van der Waals surface area contributed by atoms with Gasteiger partial charge in [-0.3, -0.25) is 19.3 Å². The number of rotatable bonds is 4. The molecular formula is C19H31N5O2. The highest BCUT2D eigenvalue weighted by molar-refractivity contribution is 5.92. The molecule has 0 aliphatic carbocycles. The van der Waals surface area contributed by atoms with Crippen LogP contribution in [0, 0.1) is 0 Å². The van der Waals surface area contributed by atoms with Crippen molar-refractivity contribution in [2.75, 3.05) is 32.8 Å². The van der Waals surface area contributed by atoms with Gasteiger partial charge in [-0.15, -0.1) is 0 Å². The molecule has 0 bridgehead atoms. The SMILES string of the molecule is CC(C)N1CCn2nc(C(=O)N[C@@H]3COC[C@H]3N3CCCCC3)cc2C1. The quantitative estimate of drug-likeness (QED) is 0.870. The van der Waals surface area contributed by atoms with Gasteiger partial charge in [-0.05, 0) is 45.8 Å². The molecule has 0 radical (unpaired) electrons. The van der Waals surface area contributed by atoms with Gasteiger partial charge in [-0.2, -0.15) is 5.10 Å². The molecule has 2 fully saturated rings. The summed E-state index contributed by atoms with van der Waals surface area (Å²) in [5, 5.41) is 7.74. The molecule has 3 aliphatic heterocycles. The number of aromatic nitrogens is 2. The summed E-state index contributed by atoms with van der Waals surface area (Å²) in [6, 6.07) is 2.83. The highest BCUT2D eigenvalue weighted by Gasteiger charge is 2.35. The van der Waals surface area contributed by atoms with Crippen molar-refractivity contribution < 1.29 is 9.53 Å². The highest BCUT2D eigenvalue weighted by Crippen LogP contribution is 2.20. The summed E-state index contributed by atoms with van der Waals surface area (Å²) >= 11 is 0. The Bertz CT molecular complexity index is 638. The molecule has 3 aliphatic rings. The predicted molar refractivity (Wildman–Crippen MR) is 99.1 cm³/mol. The molecule has 2 atom stereocenters. The van der Waals surface area contributed by atoms with Gasteiger partial charge in [0.25, 0.3) is 5.91 Å². The number of ether oxygens (including phenoxy) is 1. The lowest BCUT2D eigenvalue weighted by molar-refractivity contribution is 0.0893. The van der Waals surface area contributed by atoms with E-state index in [9.17, 15) is 4.79 Å². The molecule has 2 saturated heterocycles. The summed E-state index contributed by atoms with van der Waals surface area (Å²) in [7, 11) is 0. The molecular weight excluding hydrogens is 330 g/mol. The van der Waals surface area contributed by atoms with Crippen LogP contribution in [0.25, 0.3) is 0 Å². The van der Waals surface area contributed by atoms with Crippen molar-refractivity contribution in [2.45, 2.75) is 64.3 Å². The first-order valence-electron chi connectivity index (χ1n) is 10.1. The van der Waals surface area contributed by atoms with E-state index in [0.717, 1.165) is 38.4 Å².